The average Bonchev–Trinajstić information content (AvgIpc) is 2.73. The van der Waals surface area contributed by atoms with Crippen LogP contribution < -0.4 is 0 Å². The number of carbonyl (C=O) groups is 6. The zero-order valence-electron chi connectivity index (χ0n) is 21.6. The van der Waals surface area contributed by atoms with E-state index in [9.17, 15) is 0 Å². The molecule has 0 aromatic heterocycles. The standard InChI is InChI=1S/2C7H13N.2C2H2O4.2C2H4O2.H2O.2Pt/c2*1-6-4-2-3-5-7(6)8;2*3-1(4)2(5)6;2*1-2(3)4;;;/h2*6-8H,1-5H2;2*(H,3,4)(H,5,6);2*1H3,(H,3,4);1H2;;/q2*-2;;;;;;2*+2/t2*6-,7-;;;;;;;/m11......./s1. The molecule has 2 fully saturated rings. The molecule has 2 aliphatic carbocycles. The van der Waals surface area contributed by atoms with E-state index in [0.29, 0.717) is 11.8 Å². The zero-order valence-corrected chi connectivity index (χ0v) is 26.2. The summed E-state index contributed by atoms with van der Waals surface area (Å²) in [5, 5.41) is 44.4. The predicted molar refractivity (Wildman–Crippen MR) is 132 cm³/mol. The van der Waals surface area contributed by atoms with Crippen molar-refractivity contribution in [3.05, 3.63) is 25.3 Å². The second-order valence-electron chi connectivity index (χ2n) is 7.56. The summed E-state index contributed by atoms with van der Waals surface area (Å²) in [7, 11) is 0. The molecule has 2 rings (SSSR count). The summed E-state index contributed by atoms with van der Waals surface area (Å²) in [5.41, 5.74) is 14.8. The average molecular weight is 931 g/mol. The van der Waals surface area contributed by atoms with Crippen LogP contribution in [0.3, 0.4) is 0 Å². The zero-order chi connectivity index (χ0) is 29.4. The van der Waals surface area contributed by atoms with E-state index in [4.69, 9.17) is 70.9 Å². The summed E-state index contributed by atoms with van der Waals surface area (Å²) < 4.78 is 0. The van der Waals surface area contributed by atoms with Crippen molar-refractivity contribution in [2.45, 2.75) is 77.3 Å². The molecule has 0 bridgehead atoms. The van der Waals surface area contributed by atoms with Crippen LogP contribution in [0.2, 0.25) is 0 Å². The van der Waals surface area contributed by atoms with Crippen LogP contribution in [0.15, 0.2) is 0 Å². The fourth-order valence-corrected chi connectivity index (χ4v) is 2.42. The van der Waals surface area contributed by atoms with Gasteiger partial charge in [-0.15, -0.1) is 0 Å². The van der Waals surface area contributed by atoms with Crippen LogP contribution in [0.1, 0.15) is 65.2 Å². The number of carboxylic acid groups (broad SMARTS) is 6. The molecule has 0 heterocycles. The normalized spacial score (nSPS) is 19.8. The molecule has 17 heteroatoms. The van der Waals surface area contributed by atoms with Gasteiger partial charge in [0.25, 0.3) is 11.9 Å². The van der Waals surface area contributed by atoms with Crippen LogP contribution in [0.4, 0.5) is 0 Å². The molecule has 0 amide bonds. The Hall–Kier alpha value is -1.92. The van der Waals surface area contributed by atoms with Crippen molar-refractivity contribution in [2.24, 2.45) is 11.8 Å². The van der Waals surface area contributed by atoms with Crippen molar-refractivity contribution in [1.82, 2.24) is 0 Å². The van der Waals surface area contributed by atoms with Gasteiger partial charge in [-0.25, -0.2) is 19.2 Å². The number of hydrogen-bond donors (Lipinski definition) is 6. The molecule has 4 atom stereocenters. The van der Waals surface area contributed by atoms with Gasteiger partial charge in [0, 0.05) is 13.8 Å². The van der Waals surface area contributed by atoms with Gasteiger partial charge in [-0.3, -0.25) is 9.59 Å². The van der Waals surface area contributed by atoms with E-state index >= 15 is 0 Å². The molecule has 10 N–H and O–H groups in total. The molecular formula is C22H40N2O13Pt2. The number of rotatable bonds is 0. The Morgan fingerprint density at radius 1 is 0.538 bits per heavy atom. The molecule has 0 aromatic rings. The molecule has 0 spiro atoms. The fourth-order valence-electron chi connectivity index (χ4n) is 2.42. The second-order valence-corrected chi connectivity index (χ2v) is 7.56. The summed E-state index contributed by atoms with van der Waals surface area (Å²) in [5.74, 6) is -8.12. The van der Waals surface area contributed by atoms with E-state index in [1.54, 1.807) is 0 Å². The second kappa shape index (κ2) is 34.1. The number of aliphatic carboxylic acids is 6. The van der Waals surface area contributed by atoms with E-state index in [1.165, 1.54) is 38.5 Å². The van der Waals surface area contributed by atoms with Gasteiger partial charge >= 0.3 is 66.0 Å². The van der Waals surface area contributed by atoms with Gasteiger partial charge in [0.1, 0.15) is 0 Å². The molecular weight excluding hydrogens is 890 g/mol. The van der Waals surface area contributed by atoms with Crippen LogP contribution in [0, 0.1) is 25.7 Å². The number of carboxylic acids is 6. The first-order valence-corrected chi connectivity index (χ1v) is 10.8. The summed E-state index contributed by atoms with van der Waals surface area (Å²) in [6, 6.07) is 0.285. The Morgan fingerprint density at radius 2 is 0.692 bits per heavy atom. The summed E-state index contributed by atoms with van der Waals surface area (Å²) >= 11 is 0. The minimum Gasteiger partial charge on any atom is -0.677 e. The minimum atomic E-state index is -1.82. The third-order valence-electron chi connectivity index (χ3n) is 4.18. The molecule has 0 radical (unpaired) electrons. The maximum atomic E-state index is 9.10. The summed E-state index contributed by atoms with van der Waals surface area (Å²) in [6.45, 7) is 9.95. The Bertz CT molecular complexity index is 574. The topological polar surface area (TPSA) is 303 Å². The Morgan fingerprint density at radius 3 is 0.769 bits per heavy atom. The summed E-state index contributed by atoms with van der Waals surface area (Å²) in [6.07, 6.45) is 9.60. The van der Waals surface area contributed by atoms with Gasteiger partial charge in [-0.1, -0.05) is 51.4 Å². The molecule has 0 aromatic carbocycles. The first kappa shape index (κ1) is 53.3. The molecule has 15 nitrogen and oxygen atoms in total. The van der Waals surface area contributed by atoms with Crippen molar-refractivity contribution in [2.75, 3.05) is 0 Å². The third kappa shape index (κ3) is 53.1. The van der Waals surface area contributed by atoms with Crippen LogP contribution in [-0.4, -0.2) is 84.0 Å². The predicted octanol–water partition coefficient (Wildman–Crippen LogP) is 2.53. The maximum absolute atomic E-state index is 9.10. The van der Waals surface area contributed by atoms with Crippen LogP contribution >= 0.6 is 0 Å². The van der Waals surface area contributed by atoms with Crippen LogP contribution in [0.25, 0.3) is 11.5 Å². The fraction of sp³-hybridized carbons (Fsp3) is 0.636. The van der Waals surface area contributed by atoms with Crippen molar-refractivity contribution < 1.29 is 107 Å². The first-order valence-electron chi connectivity index (χ1n) is 10.8. The van der Waals surface area contributed by atoms with Crippen LogP contribution in [-0.2, 0) is 70.9 Å². The molecule has 2 aliphatic rings. The Balaban J connectivity index is -0.0000000634. The minimum absolute atomic E-state index is 0. The van der Waals surface area contributed by atoms with Crippen molar-refractivity contribution in [1.29, 1.82) is 0 Å². The summed E-state index contributed by atoms with van der Waals surface area (Å²) in [4.78, 5) is 54.4. The van der Waals surface area contributed by atoms with E-state index in [2.05, 4.69) is 13.8 Å². The molecule has 0 unspecified atom stereocenters. The van der Waals surface area contributed by atoms with E-state index in [-0.39, 0.29) is 59.7 Å². The van der Waals surface area contributed by atoms with E-state index in [1.807, 2.05) is 0 Å². The maximum Gasteiger partial charge on any atom is 2.00 e. The quantitative estimate of drug-likeness (QED) is 0.151. The van der Waals surface area contributed by atoms with Gasteiger partial charge in [0.05, 0.1) is 0 Å². The molecule has 2 saturated carbocycles. The van der Waals surface area contributed by atoms with Gasteiger partial charge in [0.15, 0.2) is 0 Å². The van der Waals surface area contributed by atoms with Crippen molar-refractivity contribution >= 4 is 35.8 Å². The van der Waals surface area contributed by atoms with Crippen LogP contribution in [0.5, 0.6) is 0 Å². The van der Waals surface area contributed by atoms with Gasteiger partial charge in [0.2, 0.25) is 0 Å². The third-order valence-corrected chi connectivity index (χ3v) is 4.18. The smallest absolute Gasteiger partial charge is 0.677 e. The SMILES string of the molecule is CC(=O)O.CC(=O)O.O.O=C(O)C(=O)O.O=C(O)C(=O)O.[CH2-][C@@H]1CCCC[C@H]1[NH-].[CH2-][C@@H]1CCCC[C@H]1[NH-].[Pt+2].[Pt+2]. The molecule has 0 aliphatic heterocycles. The number of hydrogen-bond acceptors (Lipinski definition) is 6. The first-order chi connectivity index (χ1) is 16.4. The molecule has 0 saturated heterocycles. The largest absolute Gasteiger partial charge is 2.00 e. The van der Waals surface area contributed by atoms with Crippen molar-refractivity contribution in [3.63, 3.8) is 0 Å². The monoisotopic (exact) mass is 930 g/mol. The Labute approximate surface area is 256 Å². The molecule has 236 valence electrons. The Kier molecular flexibility index (Phi) is 46.6. The van der Waals surface area contributed by atoms with E-state index in [0.717, 1.165) is 26.7 Å². The molecule has 39 heavy (non-hydrogen) atoms. The van der Waals surface area contributed by atoms with Gasteiger partial charge < -0.3 is 61.4 Å². The van der Waals surface area contributed by atoms with Crippen molar-refractivity contribution in [3.8, 4) is 0 Å². The van der Waals surface area contributed by atoms with Gasteiger partial charge in [-0.2, -0.15) is 23.9 Å². The number of nitrogens with one attached hydrogen (secondary N) is 2. The van der Waals surface area contributed by atoms with Gasteiger partial charge in [-0.05, 0) is 0 Å². The van der Waals surface area contributed by atoms with E-state index < -0.39 is 35.8 Å².